The van der Waals surface area contributed by atoms with Crippen molar-refractivity contribution in [2.45, 2.75) is 18.9 Å². The molecule has 13 heavy (non-hydrogen) atoms. The normalized spacial score (nSPS) is 12.5. The summed E-state index contributed by atoms with van der Waals surface area (Å²) in [6, 6.07) is 7.50. The summed E-state index contributed by atoms with van der Waals surface area (Å²) in [5.41, 5.74) is 0.841. The van der Waals surface area contributed by atoms with E-state index in [9.17, 15) is 5.11 Å². The van der Waals surface area contributed by atoms with Crippen molar-refractivity contribution in [3.8, 4) is 5.75 Å². The van der Waals surface area contributed by atoms with Gasteiger partial charge in [-0.1, -0.05) is 31.5 Å². The number of aliphatic hydroxyl groups excluding tert-OH is 1. The summed E-state index contributed by atoms with van der Waals surface area (Å²) >= 11 is 0. The van der Waals surface area contributed by atoms with Crippen molar-refractivity contribution in [1.82, 2.24) is 0 Å². The molecule has 0 aliphatic carbocycles. The van der Waals surface area contributed by atoms with Crippen LogP contribution in [0.25, 0.3) is 0 Å². The van der Waals surface area contributed by atoms with Gasteiger partial charge in [0.25, 0.3) is 0 Å². The van der Waals surface area contributed by atoms with Crippen molar-refractivity contribution in [3.05, 3.63) is 36.8 Å². The summed E-state index contributed by atoms with van der Waals surface area (Å²) in [5, 5.41) is 9.71. The van der Waals surface area contributed by atoms with Gasteiger partial charge in [0.05, 0.1) is 13.2 Å². The molecule has 1 radical (unpaired) electrons. The lowest BCUT2D eigenvalue weighted by molar-refractivity contribution is 0.164. The second kappa shape index (κ2) is 4.87. The quantitative estimate of drug-likeness (QED) is 0.768. The molecule has 1 aromatic rings. The number of benzene rings is 1. The third kappa shape index (κ3) is 2.46. The van der Waals surface area contributed by atoms with Crippen LogP contribution in [-0.4, -0.2) is 12.2 Å². The van der Waals surface area contributed by atoms with Gasteiger partial charge in [0.15, 0.2) is 0 Å². The second-order valence-corrected chi connectivity index (χ2v) is 2.90. The lowest BCUT2D eigenvalue weighted by Crippen LogP contribution is -1.99. The van der Waals surface area contributed by atoms with Crippen LogP contribution in [0.15, 0.2) is 24.3 Å². The van der Waals surface area contributed by atoms with Gasteiger partial charge in [-0.05, 0) is 12.5 Å². The van der Waals surface area contributed by atoms with E-state index in [2.05, 4.69) is 6.92 Å². The highest BCUT2D eigenvalue weighted by atomic mass is 16.5. The first-order chi connectivity index (χ1) is 6.29. The molecule has 1 unspecified atom stereocenters. The van der Waals surface area contributed by atoms with Crippen molar-refractivity contribution in [2.24, 2.45) is 0 Å². The number of methoxy groups -OCH3 is 1. The van der Waals surface area contributed by atoms with Crippen molar-refractivity contribution in [3.63, 3.8) is 0 Å². The average Bonchev–Trinajstić information content (AvgIpc) is 2.18. The third-order valence-corrected chi connectivity index (χ3v) is 1.98. The maximum atomic E-state index is 9.71. The summed E-state index contributed by atoms with van der Waals surface area (Å²) in [7, 11) is 1.61. The Morgan fingerprint density at radius 1 is 1.46 bits per heavy atom. The van der Waals surface area contributed by atoms with E-state index in [1.165, 1.54) is 0 Å². The lowest BCUT2D eigenvalue weighted by atomic mass is 10.0. The number of hydrogen-bond donors (Lipinski definition) is 1. The molecule has 2 nitrogen and oxygen atoms in total. The molecule has 0 aromatic heterocycles. The third-order valence-electron chi connectivity index (χ3n) is 1.98. The molecule has 0 saturated carbocycles. The largest absolute Gasteiger partial charge is 0.496 e. The van der Waals surface area contributed by atoms with Crippen LogP contribution in [0.4, 0.5) is 0 Å². The first kappa shape index (κ1) is 10.1. The molecule has 1 rings (SSSR count). The van der Waals surface area contributed by atoms with Gasteiger partial charge in [-0.2, -0.15) is 0 Å². The predicted octanol–water partition coefficient (Wildman–Crippen LogP) is 2.34. The molecule has 0 amide bonds. The van der Waals surface area contributed by atoms with E-state index in [1.807, 2.05) is 24.3 Å². The second-order valence-electron chi connectivity index (χ2n) is 2.90. The van der Waals surface area contributed by atoms with Crippen molar-refractivity contribution in [2.75, 3.05) is 7.11 Å². The Morgan fingerprint density at radius 2 is 2.15 bits per heavy atom. The van der Waals surface area contributed by atoms with Crippen LogP contribution in [0.2, 0.25) is 0 Å². The zero-order valence-corrected chi connectivity index (χ0v) is 7.86. The summed E-state index contributed by atoms with van der Waals surface area (Å²) in [6.45, 7) is 3.71. The van der Waals surface area contributed by atoms with Crippen LogP contribution in [0.5, 0.6) is 5.75 Å². The van der Waals surface area contributed by atoms with E-state index in [4.69, 9.17) is 4.74 Å². The Bertz CT molecular complexity index is 258. The van der Waals surface area contributed by atoms with E-state index >= 15 is 0 Å². The van der Waals surface area contributed by atoms with Gasteiger partial charge in [-0.3, -0.25) is 0 Å². The highest BCUT2D eigenvalue weighted by Gasteiger charge is 2.10. The van der Waals surface area contributed by atoms with Crippen LogP contribution in [-0.2, 0) is 0 Å². The molecule has 0 aliphatic heterocycles. The molecule has 0 spiro atoms. The Morgan fingerprint density at radius 3 is 2.77 bits per heavy atom. The van der Waals surface area contributed by atoms with Gasteiger partial charge in [-0.15, -0.1) is 0 Å². The van der Waals surface area contributed by atoms with E-state index in [0.717, 1.165) is 17.7 Å². The van der Waals surface area contributed by atoms with Crippen LogP contribution in [0.1, 0.15) is 24.5 Å². The summed E-state index contributed by atoms with van der Waals surface area (Å²) in [6.07, 6.45) is 0.924. The Labute approximate surface area is 79.2 Å². The molecule has 0 aliphatic rings. The highest BCUT2D eigenvalue weighted by Crippen LogP contribution is 2.27. The standard InChI is InChI=1S/C11H15O2/c1-3-6-10(12)9-7-4-5-8-11(9)13-2/h4-5,7-8,10,12H,1,3,6H2,2H3. The van der Waals surface area contributed by atoms with Crippen LogP contribution in [0, 0.1) is 6.92 Å². The molecule has 0 heterocycles. The Balaban J connectivity index is 2.85. The van der Waals surface area contributed by atoms with Crippen molar-refractivity contribution in [1.29, 1.82) is 0 Å². The smallest absolute Gasteiger partial charge is 0.124 e. The number of ether oxygens (including phenoxy) is 1. The molecule has 0 bridgehead atoms. The molecule has 0 fully saturated rings. The molecular formula is C11H15O2. The number of rotatable bonds is 4. The number of aliphatic hydroxyl groups is 1. The van der Waals surface area contributed by atoms with E-state index in [0.29, 0.717) is 6.42 Å². The van der Waals surface area contributed by atoms with Gasteiger partial charge in [-0.25, -0.2) is 0 Å². The Hall–Kier alpha value is -1.02. The minimum atomic E-state index is -0.464. The van der Waals surface area contributed by atoms with Gasteiger partial charge >= 0.3 is 0 Å². The predicted molar refractivity (Wildman–Crippen MR) is 52.5 cm³/mol. The first-order valence-corrected chi connectivity index (χ1v) is 4.39. The summed E-state index contributed by atoms with van der Waals surface area (Å²) in [5.74, 6) is 0.739. The average molecular weight is 179 g/mol. The molecule has 2 heteroatoms. The maximum absolute atomic E-state index is 9.71. The number of para-hydroxylation sites is 1. The SMILES string of the molecule is [CH2]CCC(O)c1ccccc1OC. The van der Waals surface area contributed by atoms with Crippen LogP contribution >= 0.6 is 0 Å². The van der Waals surface area contributed by atoms with Gasteiger partial charge in [0.1, 0.15) is 5.75 Å². The summed E-state index contributed by atoms with van der Waals surface area (Å²) in [4.78, 5) is 0. The maximum Gasteiger partial charge on any atom is 0.124 e. The van der Waals surface area contributed by atoms with Crippen LogP contribution < -0.4 is 4.74 Å². The van der Waals surface area contributed by atoms with Crippen molar-refractivity contribution >= 4 is 0 Å². The van der Waals surface area contributed by atoms with Crippen molar-refractivity contribution < 1.29 is 9.84 Å². The lowest BCUT2D eigenvalue weighted by Gasteiger charge is -2.13. The Kier molecular flexibility index (Phi) is 3.77. The number of hydrogen-bond acceptors (Lipinski definition) is 2. The highest BCUT2D eigenvalue weighted by molar-refractivity contribution is 5.34. The van der Waals surface area contributed by atoms with E-state index < -0.39 is 6.10 Å². The minimum Gasteiger partial charge on any atom is -0.496 e. The molecule has 1 N–H and O–H groups in total. The zero-order valence-electron chi connectivity index (χ0n) is 7.86. The van der Waals surface area contributed by atoms with E-state index in [-0.39, 0.29) is 0 Å². The fourth-order valence-corrected chi connectivity index (χ4v) is 1.29. The zero-order chi connectivity index (χ0) is 9.68. The molecular weight excluding hydrogens is 164 g/mol. The fourth-order valence-electron chi connectivity index (χ4n) is 1.29. The molecule has 1 aromatic carbocycles. The van der Waals surface area contributed by atoms with Gasteiger partial charge < -0.3 is 9.84 Å². The van der Waals surface area contributed by atoms with Crippen LogP contribution in [0.3, 0.4) is 0 Å². The van der Waals surface area contributed by atoms with Gasteiger partial charge in [0.2, 0.25) is 0 Å². The van der Waals surface area contributed by atoms with E-state index in [1.54, 1.807) is 7.11 Å². The fraction of sp³-hybridized carbons (Fsp3) is 0.364. The first-order valence-electron chi connectivity index (χ1n) is 4.39. The topological polar surface area (TPSA) is 29.5 Å². The van der Waals surface area contributed by atoms with Gasteiger partial charge in [0, 0.05) is 5.56 Å². The molecule has 0 saturated heterocycles. The minimum absolute atomic E-state index is 0.464. The molecule has 71 valence electrons. The molecule has 1 atom stereocenters. The summed E-state index contributed by atoms with van der Waals surface area (Å²) < 4.78 is 5.13. The monoisotopic (exact) mass is 179 g/mol.